The molecule has 5 aliphatic rings. The fraction of sp³-hybridized carbons (Fsp3) is 0.0957. The third kappa shape index (κ3) is 10.5. The van der Waals surface area contributed by atoms with Crippen LogP contribution in [0.2, 0.25) is 0 Å². The van der Waals surface area contributed by atoms with Crippen LogP contribution in [0.5, 0.6) is 0 Å². The molecule has 566 valence electrons. The lowest BCUT2D eigenvalue weighted by Gasteiger charge is -2.51. The molecule has 0 radical (unpaired) electrons. The van der Waals surface area contributed by atoms with Gasteiger partial charge in [0.25, 0.3) is 0 Å². The lowest BCUT2D eigenvalue weighted by atomic mass is 9.53. The first-order valence-corrected chi connectivity index (χ1v) is 43.4. The summed E-state index contributed by atoms with van der Waals surface area (Å²) >= 11 is 3.83. The van der Waals surface area contributed by atoms with Gasteiger partial charge in [-0.2, -0.15) is 0 Å². The van der Waals surface area contributed by atoms with E-state index in [-0.39, 0.29) is 16.2 Å². The molecule has 0 aromatic heterocycles. The van der Waals surface area contributed by atoms with Crippen molar-refractivity contribution in [2.45, 2.75) is 88.2 Å². The van der Waals surface area contributed by atoms with E-state index < -0.39 is 10.8 Å². The second kappa shape index (κ2) is 26.9. The Morgan fingerprint density at radius 2 is 0.588 bits per heavy atom. The maximum absolute atomic E-state index is 2.58. The zero-order valence-electron chi connectivity index (χ0n) is 67.3. The van der Waals surface area contributed by atoms with E-state index in [0.717, 1.165) is 61.9 Å². The molecule has 0 amide bonds. The molecule has 2 aliphatic heterocycles. The first-order valence-electron chi connectivity index (χ1n) is 41.8. The van der Waals surface area contributed by atoms with Crippen molar-refractivity contribution in [2.75, 3.05) is 9.80 Å². The average molecular weight is 1560 g/mol. The molecule has 18 aromatic rings. The average Bonchev–Trinajstić information content (AvgIpc) is 0.956. The van der Waals surface area contributed by atoms with E-state index in [0.29, 0.717) is 0 Å². The monoisotopic (exact) mass is 1560 g/mol. The van der Waals surface area contributed by atoms with Gasteiger partial charge in [0.15, 0.2) is 0 Å². The number of anilines is 6. The van der Waals surface area contributed by atoms with E-state index in [2.05, 4.69) is 452 Å². The molecule has 0 bridgehead atoms. The quantitative estimate of drug-likeness (QED) is 0.135. The lowest BCUT2D eigenvalue weighted by molar-refractivity contribution is 0.554. The van der Waals surface area contributed by atoms with Gasteiger partial charge in [0.1, 0.15) is 0 Å². The van der Waals surface area contributed by atoms with Crippen LogP contribution >= 0.6 is 23.5 Å². The molecule has 119 heavy (non-hydrogen) atoms. The number of hydrogen-bond donors (Lipinski definition) is 0. The topological polar surface area (TPSA) is 6.48 Å². The minimum atomic E-state index is -0.754. The molecule has 2 heterocycles. The highest BCUT2D eigenvalue weighted by atomic mass is 32.2. The van der Waals surface area contributed by atoms with Crippen LogP contribution in [-0.4, -0.2) is 0 Å². The van der Waals surface area contributed by atoms with E-state index >= 15 is 0 Å². The van der Waals surface area contributed by atoms with Gasteiger partial charge in [-0.3, -0.25) is 0 Å². The maximum Gasteiger partial charge on any atom is 0.0730 e. The molecule has 18 aromatic carbocycles. The van der Waals surface area contributed by atoms with Crippen LogP contribution in [0, 0.1) is 0 Å². The van der Waals surface area contributed by atoms with E-state index in [9.17, 15) is 0 Å². The van der Waals surface area contributed by atoms with Gasteiger partial charge < -0.3 is 9.80 Å². The van der Waals surface area contributed by atoms with Crippen LogP contribution < -0.4 is 9.80 Å². The Hall–Kier alpha value is -13.2. The van der Waals surface area contributed by atoms with Crippen LogP contribution in [0.3, 0.4) is 0 Å². The predicted octanol–water partition coefficient (Wildman–Crippen LogP) is 30.9. The minimum Gasteiger partial charge on any atom is -0.310 e. The van der Waals surface area contributed by atoms with E-state index in [1.807, 2.05) is 23.5 Å². The summed E-state index contributed by atoms with van der Waals surface area (Å²) in [5.41, 5.74) is 34.8. The Bertz CT molecular complexity index is 7200. The van der Waals surface area contributed by atoms with Gasteiger partial charge in [-0.25, -0.2) is 0 Å². The number of nitrogens with zero attached hydrogens (tertiary/aromatic N) is 2. The van der Waals surface area contributed by atoms with Crippen LogP contribution in [0.25, 0.3) is 77.2 Å². The maximum atomic E-state index is 2.58. The molecule has 0 saturated heterocycles. The summed E-state index contributed by atoms with van der Waals surface area (Å²) in [6, 6.07) is 153. The van der Waals surface area contributed by atoms with Crippen LogP contribution in [0.4, 0.5) is 34.1 Å². The fourth-order valence-corrected chi connectivity index (χ4v) is 24.4. The van der Waals surface area contributed by atoms with Gasteiger partial charge in [-0.05, 0) is 234 Å². The van der Waals surface area contributed by atoms with Crippen LogP contribution in [-0.2, 0) is 27.1 Å². The van der Waals surface area contributed by atoms with Gasteiger partial charge in [0.05, 0.1) is 16.5 Å². The molecule has 2 atom stereocenters. The van der Waals surface area contributed by atoms with Crippen LogP contribution in [0.15, 0.2) is 420 Å². The standard InChI is InChI=1S/C115H84N2S2/c1-111(2)92-39-19-17-38-89(92)90-65-63-83(70-101(90)111)116(84-64-68-107-102(71-84)114(97-44-24-27-47-105(97)118-107)95-42-22-20-40-93(95)112(3,4)108-87-36-15-13-33-78(87)57-66-99(108)114)81-59-53-76(54-60-81)74-49-51-80(52-50-74)91-69-85(117(82-61-55-75(56-62-82)73-29-9-7-10-30-73)104-46-26-18-35-86(104)77-31-11-8-12-32-77)72-103-110(91)119-106-48-28-25-45-98(106)115(103)96-43-23-21-41-94(96)113(5,6)109-88-37-16-14-34-79(88)58-67-100(109)115/h7-72H,1-6H3. The van der Waals surface area contributed by atoms with E-state index in [4.69, 9.17) is 0 Å². The van der Waals surface area contributed by atoms with E-state index in [1.165, 1.54) is 147 Å². The first kappa shape index (κ1) is 71.1. The Labute approximate surface area is 705 Å². The largest absolute Gasteiger partial charge is 0.310 e. The molecule has 0 saturated carbocycles. The number of rotatable bonds is 10. The van der Waals surface area contributed by atoms with Crippen molar-refractivity contribution in [3.63, 3.8) is 0 Å². The molecule has 2 spiro atoms. The summed E-state index contributed by atoms with van der Waals surface area (Å²) in [6.07, 6.45) is 0. The Kier molecular flexibility index (Phi) is 16.1. The van der Waals surface area contributed by atoms with Crippen molar-refractivity contribution in [2.24, 2.45) is 0 Å². The third-order valence-corrected chi connectivity index (χ3v) is 29.6. The number of benzene rings is 18. The normalized spacial score (nSPS) is 16.7. The second-order valence-electron chi connectivity index (χ2n) is 34.5. The van der Waals surface area contributed by atoms with Gasteiger partial charge in [-0.1, -0.05) is 381 Å². The molecule has 4 heteroatoms. The van der Waals surface area contributed by atoms with Gasteiger partial charge >= 0.3 is 0 Å². The van der Waals surface area contributed by atoms with Crippen molar-refractivity contribution >= 4 is 79.2 Å². The van der Waals surface area contributed by atoms with Crippen molar-refractivity contribution < 1.29 is 0 Å². The zero-order valence-corrected chi connectivity index (χ0v) is 68.9. The number of para-hydroxylation sites is 1. The molecule has 23 rings (SSSR count). The van der Waals surface area contributed by atoms with Crippen molar-refractivity contribution in [3.8, 4) is 55.6 Å². The van der Waals surface area contributed by atoms with Crippen molar-refractivity contribution in [3.05, 3.63) is 478 Å². The van der Waals surface area contributed by atoms with Crippen LogP contribution in [0.1, 0.15) is 119 Å². The van der Waals surface area contributed by atoms with Gasteiger partial charge in [0, 0.05) is 69.8 Å². The van der Waals surface area contributed by atoms with Gasteiger partial charge in [-0.15, -0.1) is 0 Å². The first-order chi connectivity index (χ1) is 58.3. The summed E-state index contributed by atoms with van der Waals surface area (Å²) < 4.78 is 0. The highest BCUT2D eigenvalue weighted by Gasteiger charge is 2.56. The summed E-state index contributed by atoms with van der Waals surface area (Å²) in [7, 11) is 0. The lowest BCUT2D eigenvalue weighted by Crippen LogP contribution is -2.43. The van der Waals surface area contributed by atoms with Crippen molar-refractivity contribution in [1.82, 2.24) is 0 Å². The fourth-order valence-electron chi connectivity index (χ4n) is 21.9. The summed E-state index contributed by atoms with van der Waals surface area (Å²) in [5.74, 6) is 0. The Morgan fingerprint density at radius 3 is 1.18 bits per heavy atom. The summed E-state index contributed by atoms with van der Waals surface area (Å²) in [6.45, 7) is 14.6. The smallest absolute Gasteiger partial charge is 0.0730 e. The highest BCUT2D eigenvalue weighted by molar-refractivity contribution is 8.00. The molecular weight excluding hydrogens is 1470 g/mol. The Balaban J connectivity index is 0.716. The predicted molar refractivity (Wildman–Crippen MR) is 499 cm³/mol. The number of fused-ring (bicyclic) bond motifs is 23. The molecule has 0 N–H and O–H groups in total. The zero-order chi connectivity index (χ0) is 79.7. The highest BCUT2D eigenvalue weighted by Crippen LogP contribution is 2.67. The molecule has 3 aliphatic carbocycles. The number of hydrogen-bond acceptors (Lipinski definition) is 4. The SMILES string of the molecule is CC1(C)c2ccccc2-c2ccc(N(c3ccc(-c4ccc(-c5cc(N(c6ccc(-c7ccccc7)cc6)c6ccccc6-c6ccccc6)cc6c5Sc5ccccc5C65c6ccccc6C(C)(C)c6c5ccc5ccccc65)cc4)cc3)c3ccc4c(c3)C3(c5ccccc5S4)c4ccccc4C(C)(C)c4c3ccc3ccccc43)cc21. The van der Waals surface area contributed by atoms with Crippen molar-refractivity contribution in [1.29, 1.82) is 0 Å². The molecule has 0 fully saturated rings. The molecule has 2 nitrogen and oxygen atoms in total. The Morgan fingerprint density at radius 1 is 0.202 bits per heavy atom. The second-order valence-corrected chi connectivity index (χ2v) is 36.6. The minimum absolute atomic E-state index is 0.221. The molecular formula is C115H84N2S2. The molecule has 2 unspecified atom stereocenters. The van der Waals surface area contributed by atoms with E-state index in [1.54, 1.807) is 0 Å². The summed E-state index contributed by atoms with van der Waals surface area (Å²) in [5, 5.41) is 5.11. The van der Waals surface area contributed by atoms with Gasteiger partial charge in [0.2, 0.25) is 0 Å². The summed E-state index contributed by atoms with van der Waals surface area (Å²) in [4.78, 5) is 10.1. The third-order valence-electron chi connectivity index (χ3n) is 27.2.